The maximum absolute atomic E-state index is 5.09. The predicted octanol–water partition coefficient (Wildman–Crippen LogP) is -1.17. The van der Waals surface area contributed by atoms with E-state index in [1.165, 1.54) is 0 Å². The van der Waals surface area contributed by atoms with Gasteiger partial charge in [0.05, 0.1) is 0 Å². The molecule has 0 aliphatic carbocycles. The lowest BCUT2D eigenvalue weighted by Gasteiger charge is -1.89. The first kappa shape index (κ1) is 5.37. The molecule has 30 valence electrons. The van der Waals surface area contributed by atoms with Gasteiger partial charge in [-0.15, -0.1) is 0 Å². The molecule has 0 aliphatic heterocycles. The number of thiol groups is 1. The number of hydrogen-bond donors (Lipinski definition) is 2. The normalized spacial score (nSPS) is 14.8. The van der Waals surface area contributed by atoms with Crippen LogP contribution in [0.3, 0.4) is 0 Å². The fourth-order valence-corrected chi connectivity index (χ4v) is 0. The first-order chi connectivity index (χ1) is 2.27. The second-order valence-electron chi connectivity index (χ2n) is 1.08. The Morgan fingerprint density at radius 3 is 2.20 bits per heavy atom. The monoisotopic (exact) mass is 89.0 g/mol. The third-order valence-corrected chi connectivity index (χ3v) is 0.552. The molecule has 0 rings (SSSR count). The highest BCUT2D eigenvalue weighted by molar-refractivity contribution is 7.82. The van der Waals surface area contributed by atoms with Crippen LogP contribution < -0.4 is 5.73 Å². The van der Waals surface area contributed by atoms with Crippen LogP contribution >= 0.6 is 12.6 Å². The Morgan fingerprint density at radius 2 is 2.20 bits per heavy atom. The summed E-state index contributed by atoms with van der Waals surface area (Å²) in [6.45, 7) is 0.670. The number of hydrogen-bond acceptors (Lipinski definition) is 2. The highest BCUT2D eigenvalue weighted by Gasteiger charge is 1.82. The molecule has 0 spiro atoms. The third-order valence-electron chi connectivity index (χ3n) is 0.341. The van der Waals surface area contributed by atoms with Crippen LogP contribution in [-0.4, -0.2) is 19.5 Å². The van der Waals surface area contributed by atoms with Crippen LogP contribution in [0.15, 0.2) is 0 Å². The Labute approximate surface area is 38.8 Å². The molecule has 3 heteroatoms. The molecule has 1 nitrogen and oxygen atoms in total. The Morgan fingerprint density at radius 1 is 2.00 bits per heavy atom. The van der Waals surface area contributed by atoms with Crippen molar-refractivity contribution in [1.29, 1.82) is 0 Å². The Kier molecular flexibility index (Phi) is 2.80. The molecule has 0 heterocycles. The van der Waals surface area contributed by atoms with Crippen molar-refractivity contribution in [2.75, 3.05) is 6.54 Å². The van der Waals surface area contributed by atoms with Crippen molar-refractivity contribution in [3.63, 3.8) is 0 Å². The van der Waals surface area contributed by atoms with E-state index in [0.29, 0.717) is 11.7 Å². The maximum atomic E-state index is 5.09. The van der Waals surface area contributed by atoms with Crippen molar-refractivity contribution in [2.45, 2.75) is 5.15 Å². The molecule has 5 heavy (non-hydrogen) atoms. The highest BCUT2D eigenvalue weighted by atomic mass is 32.1. The largest absolute Gasteiger partial charge is 0.330 e. The fraction of sp³-hybridized carbons (Fsp3) is 1.00. The van der Waals surface area contributed by atoms with Crippen LogP contribution in [0.25, 0.3) is 0 Å². The standard InChI is InChI=1S/C2H8BNS/c3-2(5)1-4/h2,5H,1,3-4H2/t2-/m0/s1. The van der Waals surface area contributed by atoms with Gasteiger partial charge < -0.3 is 5.73 Å². The minimum Gasteiger partial charge on any atom is -0.330 e. The van der Waals surface area contributed by atoms with Crippen molar-refractivity contribution in [1.82, 2.24) is 0 Å². The first-order valence-electron chi connectivity index (χ1n) is 1.65. The molecule has 0 aliphatic rings. The molecule has 0 amide bonds. The van der Waals surface area contributed by atoms with Crippen LogP contribution in [0.5, 0.6) is 0 Å². The highest BCUT2D eigenvalue weighted by Crippen LogP contribution is 1.77. The Hall–Kier alpha value is 0.375. The molecule has 0 aromatic heterocycles. The van der Waals surface area contributed by atoms with Crippen LogP contribution in [-0.2, 0) is 0 Å². The van der Waals surface area contributed by atoms with Crippen LogP contribution in [0.4, 0.5) is 0 Å². The average molecular weight is 89.0 g/mol. The van der Waals surface area contributed by atoms with Gasteiger partial charge in [0.25, 0.3) is 0 Å². The van der Waals surface area contributed by atoms with E-state index in [4.69, 9.17) is 5.73 Å². The van der Waals surface area contributed by atoms with E-state index >= 15 is 0 Å². The summed E-state index contributed by atoms with van der Waals surface area (Å²) in [5.41, 5.74) is 5.09. The van der Waals surface area contributed by atoms with Gasteiger partial charge >= 0.3 is 0 Å². The van der Waals surface area contributed by atoms with E-state index in [1.807, 2.05) is 7.85 Å². The zero-order valence-electron chi connectivity index (χ0n) is 3.31. The smallest absolute Gasteiger partial charge is 0.119 e. The van der Waals surface area contributed by atoms with Gasteiger partial charge in [0.15, 0.2) is 0 Å². The van der Waals surface area contributed by atoms with Gasteiger partial charge in [-0.3, -0.25) is 0 Å². The lowest BCUT2D eigenvalue weighted by Crippen LogP contribution is -2.12. The summed E-state index contributed by atoms with van der Waals surface area (Å²) in [6, 6.07) is 0. The van der Waals surface area contributed by atoms with Crippen molar-refractivity contribution < 1.29 is 0 Å². The van der Waals surface area contributed by atoms with E-state index < -0.39 is 0 Å². The molecule has 0 aromatic carbocycles. The van der Waals surface area contributed by atoms with E-state index in [1.54, 1.807) is 0 Å². The molecule has 0 fully saturated rings. The molecular formula is C2H8BNS. The molecule has 0 aromatic rings. The van der Waals surface area contributed by atoms with Gasteiger partial charge in [-0.05, 0) is 11.7 Å². The molecular weight excluding hydrogens is 80.9 g/mol. The summed E-state index contributed by atoms with van der Waals surface area (Å²) in [5.74, 6) is 0. The zero-order chi connectivity index (χ0) is 4.28. The van der Waals surface area contributed by atoms with Crippen molar-refractivity contribution in [3.05, 3.63) is 0 Å². The third kappa shape index (κ3) is 4.37. The lowest BCUT2D eigenvalue weighted by molar-refractivity contribution is 1.10. The summed E-state index contributed by atoms with van der Waals surface area (Å²) in [4.78, 5) is 0. The van der Waals surface area contributed by atoms with Crippen molar-refractivity contribution in [2.24, 2.45) is 5.73 Å². The zero-order valence-corrected chi connectivity index (χ0v) is 4.20. The van der Waals surface area contributed by atoms with Crippen LogP contribution in [0.2, 0.25) is 0 Å². The fourth-order valence-electron chi connectivity index (χ4n) is 0. The van der Waals surface area contributed by atoms with Crippen LogP contribution in [0, 0.1) is 0 Å². The van der Waals surface area contributed by atoms with Gasteiger partial charge in [0.2, 0.25) is 0 Å². The molecule has 0 unspecified atom stereocenters. The molecule has 2 N–H and O–H groups in total. The van der Waals surface area contributed by atoms with Crippen molar-refractivity contribution >= 4 is 20.5 Å². The second-order valence-corrected chi connectivity index (χ2v) is 1.97. The molecule has 0 saturated heterocycles. The summed E-state index contributed by atoms with van der Waals surface area (Å²) >= 11 is 3.97. The molecule has 1 atom stereocenters. The maximum Gasteiger partial charge on any atom is 0.119 e. The molecule has 0 radical (unpaired) electrons. The molecule has 0 saturated carbocycles. The average Bonchev–Trinajstić information content (AvgIpc) is 1.38. The van der Waals surface area contributed by atoms with Gasteiger partial charge in [-0.2, -0.15) is 12.6 Å². The molecule has 0 bridgehead atoms. The van der Waals surface area contributed by atoms with E-state index in [-0.39, 0.29) is 0 Å². The van der Waals surface area contributed by atoms with Gasteiger partial charge in [0.1, 0.15) is 7.85 Å². The summed E-state index contributed by atoms with van der Waals surface area (Å²) < 4.78 is 0. The number of nitrogens with two attached hydrogens (primary N) is 1. The minimum atomic E-state index is 0.356. The number of rotatable bonds is 1. The van der Waals surface area contributed by atoms with Crippen LogP contribution in [0.1, 0.15) is 0 Å². The minimum absolute atomic E-state index is 0.356. The second kappa shape index (κ2) is 2.60. The first-order valence-corrected chi connectivity index (χ1v) is 2.17. The van der Waals surface area contributed by atoms with E-state index in [2.05, 4.69) is 12.6 Å². The SMILES string of the molecule is B[C@@H](S)CN. The summed E-state index contributed by atoms with van der Waals surface area (Å²) in [7, 11) is 1.96. The summed E-state index contributed by atoms with van der Waals surface area (Å²) in [5, 5.41) is 0.356. The van der Waals surface area contributed by atoms with Gasteiger partial charge in [-0.1, -0.05) is 0 Å². The van der Waals surface area contributed by atoms with E-state index in [0.717, 1.165) is 0 Å². The predicted molar refractivity (Wildman–Crippen MR) is 30.4 cm³/mol. The summed E-state index contributed by atoms with van der Waals surface area (Å²) in [6.07, 6.45) is 0. The van der Waals surface area contributed by atoms with E-state index in [9.17, 15) is 0 Å². The van der Waals surface area contributed by atoms with Crippen molar-refractivity contribution in [3.8, 4) is 0 Å². The quantitative estimate of drug-likeness (QED) is 0.307. The topological polar surface area (TPSA) is 26.0 Å². The van der Waals surface area contributed by atoms with Gasteiger partial charge in [0, 0.05) is 0 Å². The Balaban J connectivity index is 2.54. The Bertz CT molecular complexity index is 23.6. The lowest BCUT2D eigenvalue weighted by atomic mass is 10.1. The van der Waals surface area contributed by atoms with Gasteiger partial charge in [-0.25, -0.2) is 0 Å².